The molecule has 1 heterocycles. The average Bonchev–Trinajstić information content (AvgIpc) is 2.26. The third-order valence-corrected chi connectivity index (χ3v) is 6.30. The first-order valence-electron chi connectivity index (χ1n) is 7.07. The minimum Gasteiger partial charge on any atom is -0.317 e. The van der Waals surface area contributed by atoms with E-state index in [1.54, 1.807) is 32.1 Å². The maximum absolute atomic E-state index is 3.57. The monoisotopic (exact) mass is 241 g/mol. The molecule has 2 heteroatoms. The number of nitrogens with one attached hydrogen (secondary N) is 1. The van der Waals surface area contributed by atoms with Crippen LogP contribution in [0.25, 0.3) is 0 Å². The molecule has 0 aromatic rings. The summed E-state index contributed by atoms with van der Waals surface area (Å²) in [6.07, 6.45) is 11.0. The van der Waals surface area contributed by atoms with Crippen LogP contribution in [0.1, 0.15) is 44.9 Å². The highest BCUT2D eigenvalue weighted by Crippen LogP contribution is 2.64. The molecule has 4 aliphatic carbocycles. The van der Waals surface area contributed by atoms with Crippen LogP contribution in [0.3, 0.4) is 0 Å². The molecule has 1 aliphatic heterocycles. The van der Waals surface area contributed by atoms with Gasteiger partial charge in [-0.1, -0.05) is 0 Å². The Kier molecular flexibility index (Phi) is 2.75. The van der Waals surface area contributed by atoms with E-state index in [0.29, 0.717) is 0 Å². The van der Waals surface area contributed by atoms with Crippen LogP contribution in [0.4, 0.5) is 0 Å². The van der Waals surface area contributed by atoms with Crippen molar-refractivity contribution in [2.75, 3.05) is 13.1 Å². The van der Waals surface area contributed by atoms with Crippen molar-refractivity contribution in [2.24, 2.45) is 29.1 Å². The van der Waals surface area contributed by atoms with Crippen LogP contribution in [-0.2, 0) is 0 Å². The molecule has 0 atom stereocenters. The molecule has 0 aromatic carbocycles. The summed E-state index contributed by atoms with van der Waals surface area (Å²) in [5.74, 6) is 4.56. The molecule has 0 radical (unpaired) electrons. The SMILES string of the molecule is C1CC2(CCN1)C1CC3CC(C1)CC2C3.Cl. The van der Waals surface area contributed by atoms with Gasteiger partial charge < -0.3 is 5.32 Å². The Morgan fingerprint density at radius 2 is 1.25 bits per heavy atom. The fraction of sp³-hybridized carbons (Fsp3) is 1.00. The second kappa shape index (κ2) is 3.88. The molecule has 0 aromatic heterocycles. The molecule has 0 amide bonds. The zero-order valence-corrected chi connectivity index (χ0v) is 10.9. The van der Waals surface area contributed by atoms with Crippen molar-refractivity contribution in [2.45, 2.75) is 44.9 Å². The van der Waals surface area contributed by atoms with Gasteiger partial charge in [0.05, 0.1) is 0 Å². The first-order valence-corrected chi connectivity index (χ1v) is 7.07. The van der Waals surface area contributed by atoms with Crippen LogP contribution in [0.15, 0.2) is 0 Å². The van der Waals surface area contributed by atoms with E-state index in [9.17, 15) is 0 Å². The minimum atomic E-state index is 0. The van der Waals surface area contributed by atoms with Gasteiger partial charge in [-0.2, -0.15) is 0 Å². The van der Waals surface area contributed by atoms with E-state index in [1.165, 1.54) is 25.9 Å². The molecule has 16 heavy (non-hydrogen) atoms. The van der Waals surface area contributed by atoms with Crippen molar-refractivity contribution in [3.63, 3.8) is 0 Å². The summed E-state index contributed by atoms with van der Waals surface area (Å²) >= 11 is 0. The lowest BCUT2D eigenvalue weighted by atomic mass is 9.43. The Hall–Kier alpha value is 0.250. The molecule has 92 valence electrons. The molecule has 4 saturated carbocycles. The highest BCUT2D eigenvalue weighted by Gasteiger charge is 2.56. The lowest BCUT2D eigenvalue weighted by molar-refractivity contribution is -0.123. The van der Waals surface area contributed by atoms with Crippen LogP contribution in [0, 0.1) is 29.1 Å². The Morgan fingerprint density at radius 1 is 0.750 bits per heavy atom. The van der Waals surface area contributed by atoms with E-state index in [0.717, 1.165) is 29.1 Å². The second-order valence-corrected chi connectivity index (χ2v) is 6.79. The van der Waals surface area contributed by atoms with Gasteiger partial charge in [0, 0.05) is 0 Å². The van der Waals surface area contributed by atoms with E-state index in [1.807, 2.05) is 0 Å². The molecule has 4 bridgehead atoms. The number of halogens is 1. The predicted molar refractivity (Wildman–Crippen MR) is 68.8 cm³/mol. The zero-order valence-electron chi connectivity index (χ0n) is 10.1. The minimum absolute atomic E-state index is 0. The summed E-state index contributed by atoms with van der Waals surface area (Å²) in [6.45, 7) is 2.62. The van der Waals surface area contributed by atoms with Crippen LogP contribution in [-0.4, -0.2) is 13.1 Å². The lowest BCUT2D eigenvalue weighted by Gasteiger charge is -2.63. The molecule has 5 aliphatic rings. The van der Waals surface area contributed by atoms with Crippen LogP contribution in [0.2, 0.25) is 0 Å². The van der Waals surface area contributed by atoms with Crippen LogP contribution < -0.4 is 5.32 Å². The average molecular weight is 242 g/mol. The first kappa shape index (κ1) is 11.3. The van der Waals surface area contributed by atoms with E-state index in [-0.39, 0.29) is 12.4 Å². The van der Waals surface area contributed by atoms with Crippen LogP contribution in [0.5, 0.6) is 0 Å². The topological polar surface area (TPSA) is 12.0 Å². The van der Waals surface area contributed by atoms with Gasteiger partial charge in [-0.05, 0) is 87.1 Å². The maximum Gasteiger partial charge on any atom is -0.00434 e. The molecule has 1 saturated heterocycles. The second-order valence-electron chi connectivity index (χ2n) is 6.79. The molecular formula is C14H24ClN. The largest absolute Gasteiger partial charge is 0.317 e. The van der Waals surface area contributed by atoms with E-state index < -0.39 is 0 Å². The fourth-order valence-corrected chi connectivity index (χ4v) is 5.83. The van der Waals surface area contributed by atoms with Gasteiger partial charge in [-0.3, -0.25) is 0 Å². The molecule has 1 spiro atoms. The molecule has 5 fully saturated rings. The van der Waals surface area contributed by atoms with E-state index >= 15 is 0 Å². The Labute approximate surface area is 105 Å². The van der Waals surface area contributed by atoms with Gasteiger partial charge in [0.25, 0.3) is 0 Å². The summed E-state index contributed by atoms with van der Waals surface area (Å²) in [5.41, 5.74) is 0.818. The number of rotatable bonds is 0. The van der Waals surface area contributed by atoms with E-state index in [4.69, 9.17) is 0 Å². The lowest BCUT2D eigenvalue weighted by Crippen LogP contribution is -2.56. The number of hydrogen-bond acceptors (Lipinski definition) is 1. The third kappa shape index (κ3) is 1.40. The van der Waals surface area contributed by atoms with Gasteiger partial charge >= 0.3 is 0 Å². The fourth-order valence-electron chi connectivity index (χ4n) is 5.83. The summed E-state index contributed by atoms with van der Waals surface area (Å²) in [7, 11) is 0. The van der Waals surface area contributed by atoms with Crippen molar-refractivity contribution in [3.05, 3.63) is 0 Å². The van der Waals surface area contributed by atoms with Crippen molar-refractivity contribution in [1.82, 2.24) is 5.32 Å². The number of piperidine rings is 1. The normalized spacial score (nSPS) is 48.0. The standard InChI is InChI=1S/C14H23N.ClH/c1-3-15-4-2-14(1)12-6-10-5-11(8-12)9-13(14)7-10;/h10-13,15H,1-9H2;1H. The molecule has 5 rings (SSSR count). The van der Waals surface area contributed by atoms with Gasteiger partial charge in [0.2, 0.25) is 0 Å². The molecule has 0 unspecified atom stereocenters. The van der Waals surface area contributed by atoms with Crippen molar-refractivity contribution >= 4 is 12.4 Å². The highest BCUT2D eigenvalue weighted by atomic mass is 35.5. The zero-order chi connectivity index (χ0) is 9.88. The quantitative estimate of drug-likeness (QED) is 0.687. The molecular weight excluding hydrogens is 218 g/mol. The Morgan fingerprint density at radius 3 is 1.75 bits per heavy atom. The van der Waals surface area contributed by atoms with Gasteiger partial charge in [-0.15, -0.1) is 12.4 Å². The smallest absolute Gasteiger partial charge is 0.00434 e. The van der Waals surface area contributed by atoms with Crippen LogP contribution >= 0.6 is 12.4 Å². The predicted octanol–water partition coefficient (Wildman–Crippen LogP) is 3.23. The molecule has 1 N–H and O–H groups in total. The maximum atomic E-state index is 3.57. The van der Waals surface area contributed by atoms with Crippen molar-refractivity contribution in [3.8, 4) is 0 Å². The van der Waals surface area contributed by atoms with Gasteiger partial charge in [0.1, 0.15) is 0 Å². The Balaban J connectivity index is 0.000000810. The first-order chi connectivity index (χ1) is 7.37. The summed E-state index contributed by atoms with van der Waals surface area (Å²) in [6, 6.07) is 0. The van der Waals surface area contributed by atoms with Crippen molar-refractivity contribution < 1.29 is 0 Å². The highest BCUT2D eigenvalue weighted by molar-refractivity contribution is 5.85. The van der Waals surface area contributed by atoms with Gasteiger partial charge in [-0.25, -0.2) is 0 Å². The number of hydrogen-bond donors (Lipinski definition) is 1. The molecule has 1 nitrogen and oxygen atoms in total. The Bertz CT molecular complexity index is 240. The van der Waals surface area contributed by atoms with Gasteiger partial charge in [0.15, 0.2) is 0 Å². The van der Waals surface area contributed by atoms with E-state index in [2.05, 4.69) is 5.32 Å². The summed E-state index contributed by atoms with van der Waals surface area (Å²) in [5, 5.41) is 3.57. The van der Waals surface area contributed by atoms with Crippen molar-refractivity contribution in [1.29, 1.82) is 0 Å². The summed E-state index contributed by atoms with van der Waals surface area (Å²) in [4.78, 5) is 0. The third-order valence-electron chi connectivity index (χ3n) is 6.30. The summed E-state index contributed by atoms with van der Waals surface area (Å²) < 4.78 is 0.